The Labute approximate surface area is 364 Å². The monoisotopic (exact) mass is 791 g/mol. The van der Waals surface area contributed by atoms with Crippen molar-refractivity contribution in [2.75, 3.05) is 4.90 Å². The molecule has 0 aromatic heterocycles. The van der Waals surface area contributed by atoms with Crippen LogP contribution >= 0.6 is 0 Å². The van der Waals surface area contributed by atoms with Crippen molar-refractivity contribution in [3.8, 4) is 66.8 Å². The maximum atomic E-state index is 2.42. The third-order valence-electron chi connectivity index (χ3n) is 12.9. The van der Waals surface area contributed by atoms with Gasteiger partial charge in [-0.1, -0.05) is 208 Å². The number of hydrogen-bond donors (Lipinski definition) is 0. The first-order valence-electron chi connectivity index (χ1n) is 21.6. The third-order valence-corrected chi connectivity index (χ3v) is 12.9. The summed E-state index contributed by atoms with van der Waals surface area (Å²) >= 11 is 0. The molecule has 10 aromatic carbocycles. The molecule has 0 atom stereocenters. The average Bonchev–Trinajstić information content (AvgIpc) is 3.58. The number of benzene rings is 10. The van der Waals surface area contributed by atoms with Gasteiger partial charge in [-0.15, -0.1) is 0 Å². The highest BCUT2D eigenvalue weighted by Crippen LogP contribution is 2.52. The van der Waals surface area contributed by atoms with E-state index in [4.69, 9.17) is 0 Å². The quantitative estimate of drug-likeness (QED) is 0.148. The second-order valence-electron chi connectivity index (χ2n) is 16.9. The molecule has 1 aliphatic carbocycles. The molecule has 0 aliphatic heterocycles. The Morgan fingerprint density at radius 2 is 0.774 bits per heavy atom. The van der Waals surface area contributed by atoms with Gasteiger partial charge in [-0.25, -0.2) is 0 Å². The highest BCUT2D eigenvalue weighted by molar-refractivity contribution is 5.97. The second-order valence-corrected chi connectivity index (χ2v) is 16.9. The zero-order chi connectivity index (χ0) is 41.6. The van der Waals surface area contributed by atoms with Gasteiger partial charge in [0.2, 0.25) is 0 Å². The van der Waals surface area contributed by atoms with E-state index in [-0.39, 0.29) is 5.41 Å². The molecule has 0 unspecified atom stereocenters. The van der Waals surface area contributed by atoms with Crippen LogP contribution in [0.2, 0.25) is 0 Å². The number of nitrogens with zero attached hydrogens (tertiary/aromatic N) is 1. The molecule has 294 valence electrons. The molecule has 0 heterocycles. The summed E-state index contributed by atoms with van der Waals surface area (Å²) < 4.78 is 0. The van der Waals surface area contributed by atoms with Crippen LogP contribution in [0.25, 0.3) is 77.5 Å². The van der Waals surface area contributed by atoms with Crippen molar-refractivity contribution in [3.05, 3.63) is 248 Å². The van der Waals surface area contributed by atoms with Gasteiger partial charge in [0.15, 0.2) is 0 Å². The Hall–Kier alpha value is -7.74. The van der Waals surface area contributed by atoms with Gasteiger partial charge in [0.25, 0.3) is 0 Å². The molecule has 0 saturated carbocycles. The predicted octanol–water partition coefficient (Wildman–Crippen LogP) is 17.0. The van der Waals surface area contributed by atoms with Crippen LogP contribution in [0.4, 0.5) is 17.1 Å². The van der Waals surface area contributed by atoms with Crippen LogP contribution in [0.15, 0.2) is 237 Å². The molecule has 1 aliphatic rings. The van der Waals surface area contributed by atoms with Crippen molar-refractivity contribution >= 4 is 27.8 Å². The molecule has 0 saturated heterocycles. The van der Waals surface area contributed by atoms with Crippen molar-refractivity contribution in [1.29, 1.82) is 0 Å². The smallest absolute Gasteiger partial charge is 0.0540 e. The zero-order valence-electron chi connectivity index (χ0n) is 35.0. The van der Waals surface area contributed by atoms with E-state index in [1.165, 1.54) is 88.7 Å². The molecule has 0 radical (unpaired) electrons. The summed E-state index contributed by atoms with van der Waals surface area (Å²) in [5.74, 6) is 0. The first-order chi connectivity index (χ1) is 30.5. The van der Waals surface area contributed by atoms with Gasteiger partial charge in [0.05, 0.1) is 5.69 Å². The summed E-state index contributed by atoms with van der Waals surface area (Å²) in [5, 5.41) is 2.52. The van der Waals surface area contributed by atoms with Crippen LogP contribution in [0, 0.1) is 0 Å². The lowest BCUT2D eigenvalue weighted by Gasteiger charge is -2.29. The normalized spacial score (nSPS) is 12.5. The lowest BCUT2D eigenvalue weighted by Crippen LogP contribution is -2.16. The van der Waals surface area contributed by atoms with Crippen LogP contribution in [0.3, 0.4) is 0 Å². The van der Waals surface area contributed by atoms with Crippen LogP contribution < -0.4 is 4.90 Å². The van der Waals surface area contributed by atoms with Crippen molar-refractivity contribution < 1.29 is 0 Å². The molecule has 0 spiro atoms. The number of fused-ring (bicyclic) bond motifs is 4. The fourth-order valence-corrected chi connectivity index (χ4v) is 9.86. The lowest BCUT2D eigenvalue weighted by molar-refractivity contribution is 0.662. The van der Waals surface area contributed by atoms with Gasteiger partial charge in [-0.3, -0.25) is 0 Å². The largest absolute Gasteiger partial charge is 0.310 e. The molecule has 0 N–H and O–H groups in total. The molecule has 10 aromatic rings. The fraction of sp³-hybridized carbons (Fsp3) is 0.0492. The highest BCUT2D eigenvalue weighted by Gasteiger charge is 2.37. The summed E-state index contributed by atoms with van der Waals surface area (Å²) in [6, 6.07) is 86.5. The van der Waals surface area contributed by atoms with Crippen molar-refractivity contribution in [2.45, 2.75) is 19.3 Å². The summed E-state index contributed by atoms with van der Waals surface area (Å²) in [7, 11) is 0. The maximum absolute atomic E-state index is 2.42. The first kappa shape index (κ1) is 37.3. The van der Waals surface area contributed by atoms with Crippen LogP contribution in [0.5, 0.6) is 0 Å². The first-order valence-corrected chi connectivity index (χ1v) is 21.6. The fourth-order valence-electron chi connectivity index (χ4n) is 9.86. The Balaban J connectivity index is 1.01. The van der Waals surface area contributed by atoms with Gasteiger partial charge < -0.3 is 4.90 Å². The highest BCUT2D eigenvalue weighted by atomic mass is 15.1. The number of anilines is 3. The molecular formula is C61H45N. The van der Waals surface area contributed by atoms with Gasteiger partial charge >= 0.3 is 0 Å². The minimum Gasteiger partial charge on any atom is -0.310 e. The van der Waals surface area contributed by atoms with E-state index in [2.05, 4.69) is 255 Å². The number of para-hydroxylation sites is 1. The topological polar surface area (TPSA) is 3.24 Å². The predicted molar refractivity (Wildman–Crippen MR) is 263 cm³/mol. The van der Waals surface area contributed by atoms with Gasteiger partial charge in [0.1, 0.15) is 0 Å². The van der Waals surface area contributed by atoms with Crippen molar-refractivity contribution in [3.63, 3.8) is 0 Å². The Kier molecular flexibility index (Phi) is 9.24. The van der Waals surface area contributed by atoms with E-state index in [1.807, 2.05) is 0 Å². The number of rotatable bonds is 8. The van der Waals surface area contributed by atoms with Crippen LogP contribution in [-0.2, 0) is 5.41 Å². The molecule has 0 amide bonds. The minimum atomic E-state index is -0.101. The SMILES string of the molecule is CC1(C)c2ccccc2-c2cccc(-c3ccc(N(c4ccc(-c5cccc(-c6cccc7ccccc67)c5)cc4)c4ccccc4-c4cccc(-c5ccccc5)c4)cc3)c21. The summed E-state index contributed by atoms with van der Waals surface area (Å²) in [5.41, 5.74) is 20.8. The lowest BCUT2D eigenvalue weighted by atomic mass is 9.79. The van der Waals surface area contributed by atoms with E-state index >= 15 is 0 Å². The molecule has 11 rings (SSSR count). The maximum Gasteiger partial charge on any atom is 0.0540 e. The van der Waals surface area contributed by atoms with Crippen LogP contribution in [-0.4, -0.2) is 0 Å². The summed E-state index contributed by atoms with van der Waals surface area (Å²) in [4.78, 5) is 2.42. The molecule has 1 nitrogen and oxygen atoms in total. The van der Waals surface area contributed by atoms with Gasteiger partial charge in [-0.05, 0) is 126 Å². The number of hydrogen-bond acceptors (Lipinski definition) is 1. The third kappa shape index (κ3) is 6.51. The van der Waals surface area contributed by atoms with E-state index < -0.39 is 0 Å². The Bertz CT molecular complexity index is 3240. The van der Waals surface area contributed by atoms with Crippen LogP contribution in [0.1, 0.15) is 25.0 Å². The standard InChI is InChI=1S/C61H45N/c1-61(2)58-30-10-8-26-56(58)57-29-15-28-55(60(57)61)45-34-38-51(39-35-45)62(59-31-11-9-25-54(59)49-23-13-20-46(41-49)42-16-4-3-5-17-42)50-36-32-43(33-37-50)47-21-12-22-48(40-47)53-27-14-19-44-18-6-7-24-52(44)53/h3-41H,1-2H3. The molecular weight excluding hydrogens is 747 g/mol. The second kappa shape index (κ2) is 15.4. The molecule has 0 bridgehead atoms. The average molecular weight is 792 g/mol. The Morgan fingerprint density at radius 1 is 0.306 bits per heavy atom. The van der Waals surface area contributed by atoms with Crippen molar-refractivity contribution in [1.82, 2.24) is 0 Å². The molecule has 62 heavy (non-hydrogen) atoms. The molecule has 0 fully saturated rings. The van der Waals surface area contributed by atoms with Gasteiger partial charge in [0, 0.05) is 22.4 Å². The summed E-state index contributed by atoms with van der Waals surface area (Å²) in [6.45, 7) is 4.73. The minimum absolute atomic E-state index is 0.101. The molecule has 1 heteroatoms. The van der Waals surface area contributed by atoms with E-state index in [9.17, 15) is 0 Å². The zero-order valence-corrected chi connectivity index (χ0v) is 35.0. The van der Waals surface area contributed by atoms with E-state index in [0.29, 0.717) is 0 Å². The van der Waals surface area contributed by atoms with Crippen molar-refractivity contribution in [2.24, 2.45) is 0 Å². The summed E-state index contributed by atoms with van der Waals surface area (Å²) in [6.07, 6.45) is 0. The van der Waals surface area contributed by atoms with Gasteiger partial charge in [-0.2, -0.15) is 0 Å². The van der Waals surface area contributed by atoms with E-state index in [1.54, 1.807) is 0 Å². The Morgan fingerprint density at radius 3 is 1.52 bits per heavy atom. The van der Waals surface area contributed by atoms with E-state index in [0.717, 1.165) is 17.1 Å².